The molecule has 0 N–H and O–H groups in total. The monoisotopic (exact) mass is 969 g/mol. The van der Waals surface area contributed by atoms with E-state index in [0.29, 0.717) is 28.2 Å². The summed E-state index contributed by atoms with van der Waals surface area (Å²) < 4.78 is 101. The van der Waals surface area contributed by atoms with Gasteiger partial charge in [-0.05, 0) is 140 Å². The van der Waals surface area contributed by atoms with Gasteiger partial charge in [-0.3, -0.25) is 13.7 Å². The van der Waals surface area contributed by atoms with Crippen molar-refractivity contribution in [1.29, 1.82) is 0 Å². The Balaban J connectivity index is 1.05. The molecular formula is C69H58N4O. The molecule has 5 heteroatoms. The minimum Gasteiger partial charge on any atom is -0.458 e. The minimum atomic E-state index is -0.574. The fraction of sp³-hybridized carbons (Fsp3) is 0.130. The molecule has 0 saturated heterocycles. The Morgan fingerprint density at radius 1 is 0.500 bits per heavy atom. The second kappa shape index (κ2) is 18.4. The topological polar surface area (TPSA) is 35.9 Å². The van der Waals surface area contributed by atoms with E-state index in [9.17, 15) is 5.48 Å². The van der Waals surface area contributed by atoms with Crippen LogP contribution in [0, 0.1) is 13.3 Å². The Labute approximate surface area is 448 Å². The molecule has 0 aliphatic carbocycles. The number of ether oxygens (including phenoxy) is 1. The Hall–Kier alpha value is -8.80. The smallest absolute Gasteiger partial charge is 0.269 e. The third-order valence-corrected chi connectivity index (χ3v) is 13.9. The highest BCUT2D eigenvalue weighted by molar-refractivity contribution is 6.10. The molecule has 74 heavy (non-hydrogen) atoms. The van der Waals surface area contributed by atoms with Crippen molar-refractivity contribution < 1.29 is 23.0 Å². The lowest BCUT2D eigenvalue weighted by atomic mass is 9.86. The number of hydrogen-bond donors (Lipinski definition) is 0. The summed E-state index contributed by atoms with van der Waals surface area (Å²) in [5.41, 5.74) is 11.2. The maximum atomic E-state index is 9.22. The first-order valence-corrected chi connectivity index (χ1v) is 24.8. The number of imidazole rings is 1. The van der Waals surface area contributed by atoms with Gasteiger partial charge in [0.2, 0.25) is 0 Å². The van der Waals surface area contributed by atoms with E-state index in [1.807, 2.05) is 96.6 Å². The first-order chi connectivity index (χ1) is 40.0. The number of nitrogens with zero attached hydrogens (tertiary/aromatic N) is 4. The van der Waals surface area contributed by atoms with Gasteiger partial charge in [0.15, 0.2) is 0 Å². The van der Waals surface area contributed by atoms with Crippen LogP contribution in [0.1, 0.15) is 71.9 Å². The van der Waals surface area contributed by atoms with Gasteiger partial charge in [0.25, 0.3) is 6.33 Å². The highest BCUT2D eigenvalue weighted by Crippen LogP contribution is 2.40. The van der Waals surface area contributed by atoms with E-state index in [4.69, 9.17) is 17.9 Å². The predicted octanol–water partition coefficient (Wildman–Crippen LogP) is 17.6. The summed E-state index contributed by atoms with van der Waals surface area (Å²) >= 11 is 0. The Kier molecular flexibility index (Phi) is 8.97. The van der Waals surface area contributed by atoms with Gasteiger partial charge in [0.1, 0.15) is 17.3 Å². The maximum Gasteiger partial charge on any atom is 0.269 e. The molecule has 0 spiro atoms. The van der Waals surface area contributed by atoms with Gasteiger partial charge >= 0.3 is 0 Å². The molecule has 0 radical (unpaired) electrons. The van der Waals surface area contributed by atoms with Crippen LogP contribution in [0.2, 0.25) is 0 Å². The van der Waals surface area contributed by atoms with E-state index in [1.54, 1.807) is 22.8 Å². The summed E-state index contributed by atoms with van der Waals surface area (Å²) in [6.45, 7) is 15.2. The van der Waals surface area contributed by atoms with Crippen molar-refractivity contribution in [2.45, 2.75) is 59.3 Å². The Morgan fingerprint density at radius 3 is 1.84 bits per heavy atom. The number of benzene rings is 9. The van der Waals surface area contributed by atoms with Gasteiger partial charge in [-0.2, -0.15) is 0 Å². The Bertz CT molecular complexity index is 4540. The van der Waals surface area contributed by atoms with Crippen LogP contribution in [0.3, 0.4) is 0 Å². The van der Waals surface area contributed by atoms with E-state index < -0.39 is 60.4 Å². The molecule has 0 aliphatic rings. The van der Waals surface area contributed by atoms with Crippen LogP contribution in [-0.2, 0) is 10.8 Å². The Morgan fingerprint density at radius 2 is 1.14 bits per heavy atom. The molecule has 0 unspecified atom stereocenters. The van der Waals surface area contributed by atoms with Gasteiger partial charge in [-0.25, -0.2) is 4.98 Å². The molecule has 12 rings (SSSR count). The molecule has 5 nitrogen and oxygen atoms in total. The van der Waals surface area contributed by atoms with Crippen LogP contribution in [0.4, 0.5) is 0 Å². The molecule has 3 heterocycles. The number of pyridine rings is 1. The highest BCUT2D eigenvalue weighted by Gasteiger charge is 2.23. The van der Waals surface area contributed by atoms with Gasteiger partial charge in [0.05, 0.1) is 47.1 Å². The molecule has 12 aromatic rings. The third-order valence-electron chi connectivity index (χ3n) is 13.9. The largest absolute Gasteiger partial charge is 0.458 e. The van der Waals surface area contributed by atoms with Crippen molar-refractivity contribution >= 4 is 32.8 Å². The summed E-state index contributed by atoms with van der Waals surface area (Å²) in [6.07, 6.45) is 5.42. The molecular weight excluding hydrogens is 901 g/mol. The average molecular weight is 969 g/mol. The van der Waals surface area contributed by atoms with E-state index in [-0.39, 0.29) is 38.8 Å². The molecule has 0 aliphatic heterocycles. The van der Waals surface area contributed by atoms with Crippen molar-refractivity contribution in [3.63, 3.8) is 0 Å². The molecule has 3 aromatic heterocycles. The van der Waals surface area contributed by atoms with E-state index in [1.165, 1.54) is 5.56 Å². The van der Waals surface area contributed by atoms with Crippen molar-refractivity contribution in [1.82, 2.24) is 14.1 Å². The quantitative estimate of drug-likeness (QED) is 0.107. The lowest BCUT2D eigenvalue weighted by Crippen LogP contribution is -2.31. The van der Waals surface area contributed by atoms with Crippen LogP contribution in [0.15, 0.2) is 224 Å². The fourth-order valence-corrected chi connectivity index (χ4v) is 9.97. The third kappa shape index (κ3) is 8.54. The van der Waals surface area contributed by atoms with Crippen LogP contribution < -0.4 is 9.30 Å². The molecule has 0 bridgehead atoms. The van der Waals surface area contributed by atoms with Gasteiger partial charge < -0.3 is 4.74 Å². The van der Waals surface area contributed by atoms with Gasteiger partial charge in [-0.1, -0.05) is 193 Å². The first-order valence-electron chi connectivity index (χ1n) is 29.8. The van der Waals surface area contributed by atoms with Crippen LogP contribution in [0.25, 0.3) is 94.5 Å². The highest BCUT2D eigenvalue weighted by atomic mass is 16.5. The molecule has 0 atom stereocenters. The standard InChI is InChI=1S/C69H58N4O/c1-46-18-14-15-25-57(46)51-31-37-63-65(41-51)72(67-58(48-19-10-8-11-20-48)26-17-27-59(67)49-21-12-9-13-22-49)45-71(63)54-23-16-24-55(43-54)74-56-34-35-60-61-40-50(47-28-32-52(33-29-47)68(2,3)4)30-36-62(61)73(64(60)44-56)66-42-53(38-39-70-66)69(5,6)7/h8-44H,1-7H3/i8D,9D,10D,11D,12D,13D,19D,20D,21D,22D. The van der Waals surface area contributed by atoms with Crippen molar-refractivity contribution in [3.05, 3.63) is 247 Å². The van der Waals surface area contributed by atoms with E-state index in [0.717, 1.165) is 61.0 Å². The van der Waals surface area contributed by atoms with Crippen LogP contribution >= 0.6 is 0 Å². The number of aryl methyl sites for hydroxylation is 1. The molecule has 360 valence electrons. The van der Waals surface area contributed by atoms with Gasteiger partial charge in [-0.15, -0.1) is 0 Å². The fourth-order valence-electron chi connectivity index (χ4n) is 9.97. The van der Waals surface area contributed by atoms with Crippen LogP contribution in [0.5, 0.6) is 11.5 Å². The number of hydrogen-bond acceptors (Lipinski definition) is 2. The van der Waals surface area contributed by atoms with Crippen molar-refractivity contribution in [2.24, 2.45) is 0 Å². The van der Waals surface area contributed by atoms with E-state index >= 15 is 0 Å². The van der Waals surface area contributed by atoms with E-state index in [2.05, 4.69) is 113 Å². The zero-order chi connectivity index (χ0) is 59.4. The lowest BCUT2D eigenvalue weighted by molar-refractivity contribution is -0.571. The average Bonchev–Trinajstić information content (AvgIpc) is 4.19. The minimum absolute atomic E-state index is 0.0267. The van der Waals surface area contributed by atoms with Gasteiger partial charge in [0, 0.05) is 23.0 Å². The second-order valence-electron chi connectivity index (χ2n) is 20.8. The lowest BCUT2D eigenvalue weighted by Gasteiger charge is -2.20. The number of aromatic nitrogens is 4. The second-order valence-corrected chi connectivity index (χ2v) is 20.8. The SMILES string of the molecule is [2H]c1c([2H])c([2H])c(-c2cccc(-c3c([2H])c([2H])c([2H])c([2H])c3[2H])c2-[n+]2[c-]n(-c3cccc(Oc4ccc5c6cc(-c7ccc(C(C)(C)C)cc7)ccc6n(-c6cc(C(C)(C)C)ccn6)c5c4)c3)c3ccc(-c4ccccc4C)cc32)c([2H])c1[2H]. The zero-order valence-corrected chi connectivity index (χ0v) is 42.3. The molecule has 0 saturated carbocycles. The summed E-state index contributed by atoms with van der Waals surface area (Å²) in [6, 6.07) is 46.7. The summed E-state index contributed by atoms with van der Waals surface area (Å²) in [5.74, 6) is 1.85. The maximum absolute atomic E-state index is 9.22. The normalized spacial score (nSPS) is 13.9. The summed E-state index contributed by atoms with van der Waals surface area (Å²) in [7, 11) is 0. The number of fused-ring (bicyclic) bond motifs is 4. The van der Waals surface area contributed by atoms with Crippen molar-refractivity contribution in [2.75, 3.05) is 0 Å². The molecule has 0 fully saturated rings. The predicted molar refractivity (Wildman–Crippen MR) is 306 cm³/mol. The zero-order valence-electron chi connectivity index (χ0n) is 52.3. The van der Waals surface area contributed by atoms with Crippen LogP contribution in [-0.4, -0.2) is 14.1 Å². The molecule has 9 aromatic carbocycles. The summed E-state index contributed by atoms with van der Waals surface area (Å²) in [5, 5.41) is 2.09. The first kappa shape index (κ1) is 36.2. The number of para-hydroxylation sites is 1. The molecule has 0 amide bonds. The summed E-state index contributed by atoms with van der Waals surface area (Å²) in [4.78, 5) is 4.96. The van der Waals surface area contributed by atoms with Crippen molar-refractivity contribution in [3.8, 4) is 73.2 Å². The number of rotatable bonds is 9.